The number of ether oxygens (including phenoxy) is 2. The third kappa shape index (κ3) is 6.02. The van der Waals surface area contributed by atoms with E-state index in [1.54, 1.807) is 0 Å². The molecule has 1 aromatic rings. The molecule has 0 amide bonds. The molecule has 34 heavy (non-hydrogen) atoms. The molecule has 5 nitrogen and oxygen atoms in total. The number of piperidine rings is 3. The molecular formula is C29H43NO4. The van der Waals surface area contributed by atoms with Gasteiger partial charge in [-0.15, -0.1) is 0 Å². The number of carbonyl (C=O) groups is 2. The van der Waals surface area contributed by atoms with Gasteiger partial charge >= 0.3 is 11.9 Å². The second kappa shape index (κ2) is 10.4. The molecule has 1 saturated carbocycles. The van der Waals surface area contributed by atoms with E-state index in [2.05, 4.69) is 29.2 Å². The van der Waals surface area contributed by atoms with E-state index in [9.17, 15) is 9.59 Å². The Bertz CT molecular complexity index is 843. The highest BCUT2D eigenvalue weighted by atomic mass is 16.6. The molecule has 5 heteroatoms. The lowest BCUT2D eigenvalue weighted by molar-refractivity contribution is -0.159. The predicted molar refractivity (Wildman–Crippen MR) is 134 cm³/mol. The van der Waals surface area contributed by atoms with Crippen molar-refractivity contribution in [1.82, 2.24) is 4.90 Å². The van der Waals surface area contributed by atoms with E-state index >= 15 is 0 Å². The number of hydrogen-bond acceptors (Lipinski definition) is 5. The molecule has 5 rings (SSSR count). The van der Waals surface area contributed by atoms with E-state index in [1.165, 1.54) is 12.0 Å². The van der Waals surface area contributed by atoms with Gasteiger partial charge in [0.1, 0.15) is 5.60 Å². The Morgan fingerprint density at radius 2 is 1.65 bits per heavy atom. The topological polar surface area (TPSA) is 55.8 Å². The maximum Gasteiger partial charge on any atom is 0.316 e. The minimum Gasteiger partial charge on any atom is -0.464 e. The van der Waals surface area contributed by atoms with Crippen molar-refractivity contribution in [3.05, 3.63) is 35.4 Å². The Labute approximate surface area is 205 Å². The van der Waals surface area contributed by atoms with E-state index in [-0.39, 0.29) is 17.4 Å². The molecule has 0 unspecified atom stereocenters. The number of aryl methyl sites for hydroxylation is 1. The Morgan fingerprint density at radius 3 is 2.29 bits per heavy atom. The highest BCUT2D eigenvalue weighted by Gasteiger charge is 2.45. The average Bonchev–Trinajstić information content (AvgIpc) is 2.83. The van der Waals surface area contributed by atoms with Crippen LogP contribution in [0.2, 0.25) is 0 Å². The fourth-order valence-electron chi connectivity index (χ4n) is 6.09. The summed E-state index contributed by atoms with van der Waals surface area (Å²) in [7, 11) is 0. The highest BCUT2D eigenvalue weighted by Crippen LogP contribution is 2.44. The lowest BCUT2D eigenvalue weighted by atomic mass is 9.68. The molecular weight excluding hydrogens is 426 g/mol. The van der Waals surface area contributed by atoms with Crippen LogP contribution in [0, 0.1) is 5.41 Å². The summed E-state index contributed by atoms with van der Waals surface area (Å²) in [6, 6.07) is 8.48. The van der Waals surface area contributed by atoms with Gasteiger partial charge in [-0.1, -0.05) is 43.5 Å². The first-order valence-electron chi connectivity index (χ1n) is 13.4. The summed E-state index contributed by atoms with van der Waals surface area (Å²) in [4.78, 5) is 28.3. The molecule has 188 valence electrons. The van der Waals surface area contributed by atoms with E-state index in [4.69, 9.17) is 9.47 Å². The van der Waals surface area contributed by atoms with Gasteiger partial charge in [0, 0.05) is 11.8 Å². The lowest BCUT2D eigenvalue weighted by Crippen LogP contribution is -2.51. The van der Waals surface area contributed by atoms with Gasteiger partial charge in [0.2, 0.25) is 0 Å². The molecule has 2 bridgehead atoms. The van der Waals surface area contributed by atoms with Crippen LogP contribution in [0.15, 0.2) is 24.3 Å². The summed E-state index contributed by atoms with van der Waals surface area (Å²) in [5.41, 5.74) is 1.51. The summed E-state index contributed by atoms with van der Waals surface area (Å²) in [6.45, 7) is 9.71. The van der Waals surface area contributed by atoms with Crippen molar-refractivity contribution in [3.63, 3.8) is 0 Å². The third-order valence-electron chi connectivity index (χ3n) is 8.23. The summed E-state index contributed by atoms with van der Waals surface area (Å²) < 4.78 is 11.6. The zero-order valence-corrected chi connectivity index (χ0v) is 21.5. The van der Waals surface area contributed by atoms with E-state index < -0.39 is 11.0 Å². The van der Waals surface area contributed by atoms with Gasteiger partial charge in [-0.3, -0.25) is 9.59 Å². The van der Waals surface area contributed by atoms with Crippen LogP contribution in [-0.2, 0) is 30.9 Å². The van der Waals surface area contributed by atoms with Crippen molar-refractivity contribution in [2.24, 2.45) is 5.41 Å². The second-order valence-corrected chi connectivity index (χ2v) is 12.0. The molecule has 0 N–H and O–H groups in total. The molecule has 4 aliphatic rings. The summed E-state index contributed by atoms with van der Waals surface area (Å²) in [5.74, 6) is -0.163. The smallest absolute Gasteiger partial charge is 0.316 e. The van der Waals surface area contributed by atoms with Crippen LogP contribution in [0.1, 0.15) is 96.1 Å². The summed E-state index contributed by atoms with van der Waals surface area (Å²) >= 11 is 0. The number of rotatable bonds is 8. The quantitative estimate of drug-likeness (QED) is 0.465. The van der Waals surface area contributed by atoms with E-state index in [1.807, 2.05) is 20.8 Å². The Morgan fingerprint density at radius 1 is 0.971 bits per heavy atom. The van der Waals surface area contributed by atoms with Crippen molar-refractivity contribution >= 4 is 11.9 Å². The summed E-state index contributed by atoms with van der Waals surface area (Å²) in [5, 5.41) is 0. The van der Waals surface area contributed by atoms with Crippen LogP contribution >= 0.6 is 0 Å². The minimum atomic E-state index is -0.522. The van der Waals surface area contributed by atoms with Crippen molar-refractivity contribution in [3.8, 4) is 0 Å². The van der Waals surface area contributed by atoms with Gasteiger partial charge < -0.3 is 14.4 Å². The molecule has 1 aromatic carbocycles. The first-order valence-corrected chi connectivity index (χ1v) is 13.4. The van der Waals surface area contributed by atoms with Crippen LogP contribution in [0.5, 0.6) is 0 Å². The number of nitrogens with zero attached hydrogens (tertiary/aromatic N) is 1. The van der Waals surface area contributed by atoms with Crippen molar-refractivity contribution in [2.45, 2.75) is 102 Å². The number of hydrogen-bond donors (Lipinski definition) is 0. The third-order valence-corrected chi connectivity index (χ3v) is 8.23. The molecule has 0 spiro atoms. The monoisotopic (exact) mass is 469 g/mol. The molecule has 4 fully saturated rings. The molecule has 1 aliphatic carbocycles. The zero-order valence-electron chi connectivity index (χ0n) is 21.5. The van der Waals surface area contributed by atoms with Crippen molar-refractivity contribution in [1.29, 1.82) is 0 Å². The standard InChI is InChI=1S/C29H43NO4/c1-27(2,3)34-25(31)12-8-10-23-9-7-11-24(21-23)29(13-5-4-6-14-29)26(32)33-22-28-15-18-30(19-16-28)20-17-28/h7,9,11,21H,4-6,8,10,12-20,22H2,1-3H3. The van der Waals surface area contributed by atoms with Gasteiger partial charge in [-0.2, -0.15) is 0 Å². The average molecular weight is 470 g/mol. The van der Waals surface area contributed by atoms with Crippen LogP contribution in [0.3, 0.4) is 0 Å². The number of esters is 2. The first-order chi connectivity index (χ1) is 16.2. The van der Waals surface area contributed by atoms with E-state index in [0.29, 0.717) is 13.0 Å². The van der Waals surface area contributed by atoms with Gasteiger partial charge in [-0.25, -0.2) is 0 Å². The van der Waals surface area contributed by atoms with Crippen LogP contribution in [-0.4, -0.2) is 48.7 Å². The Balaban J connectivity index is 1.41. The minimum absolute atomic E-state index is 0.0134. The predicted octanol–water partition coefficient (Wildman–Crippen LogP) is 5.58. The fourth-order valence-corrected chi connectivity index (χ4v) is 6.09. The van der Waals surface area contributed by atoms with Crippen LogP contribution in [0.4, 0.5) is 0 Å². The largest absolute Gasteiger partial charge is 0.464 e. The highest BCUT2D eigenvalue weighted by molar-refractivity contribution is 5.83. The molecule has 0 atom stereocenters. The molecule has 3 heterocycles. The fraction of sp³-hybridized carbons (Fsp3) is 0.724. The van der Waals surface area contributed by atoms with Gasteiger partial charge in [0.15, 0.2) is 0 Å². The SMILES string of the molecule is CC(C)(C)OC(=O)CCCc1cccc(C2(C(=O)OCC34CCN(CC3)CC4)CCCCC2)c1. The molecule has 0 aromatic heterocycles. The maximum atomic E-state index is 13.7. The van der Waals surface area contributed by atoms with Gasteiger partial charge in [0.25, 0.3) is 0 Å². The second-order valence-electron chi connectivity index (χ2n) is 12.0. The first kappa shape index (κ1) is 25.2. The van der Waals surface area contributed by atoms with Crippen molar-refractivity contribution in [2.75, 3.05) is 26.2 Å². The Kier molecular flexibility index (Phi) is 7.71. The normalized spacial score (nSPS) is 26.1. The van der Waals surface area contributed by atoms with Crippen LogP contribution < -0.4 is 0 Å². The summed E-state index contributed by atoms with van der Waals surface area (Å²) in [6.07, 6.45) is 10.5. The van der Waals surface area contributed by atoms with Crippen LogP contribution in [0.25, 0.3) is 0 Å². The van der Waals surface area contributed by atoms with Crippen molar-refractivity contribution < 1.29 is 19.1 Å². The molecule has 0 radical (unpaired) electrons. The Hall–Kier alpha value is -1.88. The number of carbonyl (C=O) groups excluding carboxylic acids is 2. The maximum absolute atomic E-state index is 13.7. The van der Waals surface area contributed by atoms with E-state index in [0.717, 1.165) is 83.0 Å². The number of benzene rings is 1. The lowest BCUT2D eigenvalue weighted by Gasteiger charge is -2.48. The van der Waals surface area contributed by atoms with Gasteiger partial charge in [0.05, 0.1) is 12.0 Å². The molecule has 3 aliphatic heterocycles. The van der Waals surface area contributed by atoms with Gasteiger partial charge in [-0.05, 0) is 96.5 Å². The zero-order chi connectivity index (χ0) is 24.2. The molecule has 3 saturated heterocycles. The number of fused-ring (bicyclic) bond motifs is 3.